The third-order valence-electron chi connectivity index (χ3n) is 2.67. The summed E-state index contributed by atoms with van der Waals surface area (Å²) in [5.74, 6) is -1.08. The molecule has 0 fully saturated rings. The van der Waals surface area contributed by atoms with Gasteiger partial charge in [0.05, 0.1) is 22.5 Å². The second-order valence-corrected chi connectivity index (χ2v) is 4.40. The fourth-order valence-electron chi connectivity index (χ4n) is 1.56. The molecule has 0 unspecified atom stereocenters. The first-order valence-electron chi connectivity index (χ1n) is 5.56. The fourth-order valence-corrected chi connectivity index (χ4v) is 1.82. The summed E-state index contributed by atoms with van der Waals surface area (Å²) in [6.45, 7) is 1.58. The van der Waals surface area contributed by atoms with Gasteiger partial charge in [-0.25, -0.2) is 8.78 Å². The Balaban J connectivity index is 2.47. The predicted octanol–water partition coefficient (Wildman–Crippen LogP) is 3.94. The van der Waals surface area contributed by atoms with Crippen LogP contribution in [0.2, 0.25) is 5.02 Å². The maximum Gasteiger partial charge on any atom is 0.145 e. The van der Waals surface area contributed by atoms with Crippen LogP contribution in [0.4, 0.5) is 14.5 Å². The highest BCUT2D eigenvalue weighted by Crippen LogP contribution is 2.30. The summed E-state index contributed by atoms with van der Waals surface area (Å²) >= 11 is 5.86. The Bertz CT molecular complexity index is 736. The zero-order valence-electron chi connectivity index (χ0n) is 10.4. The van der Waals surface area contributed by atoms with Gasteiger partial charge in [-0.2, -0.15) is 5.26 Å². The second-order valence-electron chi connectivity index (χ2n) is 3.99. The quantitative estimate of drug-likeness (QED) is 0.787. The average Bonchev–Trinajstić information content (AvgIpc) is 2.41. The van der Waals surface area contributed by atoms with Gasteiger partial charge in [0.15, 0.2) is 0 Å². The van der Waals surface area contributed by atoms with Crippen molar-refractivity contribution < 1.29 is 8.78 Å². The molecular weight excluding hydrogens is 284 g/mol. The van der Waals surface area contributed by atoms with Crippen molar-refractivity contribution >= 4 is 23.5 Å². The third kappa shape index (κ3) is 2.81. The largest absolute Gasteiger partial charge is 0.261 e. The highest BCUT2D eigenvalue weighted by Gasteiger charge is 2.09. The van der Waals surface area contributed by atoms with Gasteiger partial charge in [-0.1, -0.05) is 11.6 Å². The molecule has 0 radical (unpaired) electrons. The monoisotopic (exact) mass is 291 g/mol. The summed E-state index contributed by atoms with van der Waals surface area (Å²) in [5, 5.41) is 8.96. The van der Waals surface area contributed by atoms with E-state index in [1.165, 1.54) is 12.4 Å². The van der Waals surface area contributed by atoms with Crippen LogP contribution in [-0.2, 0) is 0 Å². The normalized spacial score (nSPS) is 10.8. The van der Waals surface area contributed by atoms with Crippen LogP contribution < -0.4 is 0 Å². The van der Waals surface area contributed by atoms with E-state index in [1.54, 1.807) is 6.92 Å². The van der Waals surface area contributed by atoms with E-state index in [1.807, 2.05) is 6.07 Å². The number of nitriles is 1. The molecule has 1 aromatic carbocycles. The first kappa shape index (κ1) is 14.1. The number of hydrogen-bond acceptors (Lipinski definition) is 3. The van der Waals surface area contributed by atoms with Crippen LogP contribution in [-0.4, -0.2) is 11.2 Å². The van der Waals surface area contributed by atoms with Crippen molar-refractivity contribution in [1.29, 1.82) is 5.26 Å². The molecule has 3 nitrogen and oxygen atoms in total. The molecule has 0 saturated carbocycles. The number of hydrogen-bond donors (Lipinski definition) is 0. The summed E-state index contributed by atoms with van der Waals surface area (Å²) in [6, 6.07) is 3.91. The highest BCUT2D eigenvalue weighted by atomic mass is 35.5. The number of aromatic nitrogens is 1. The van der Waals surface area contributed by atoms with Gasteiger partial charge in [-0.3, -0.25) is 9.98 Å². The van der Waals surface area contributed by atoms with Crippen molar-refractivity contribution in [2.75, 3.05) is 0 Å². The van der Waals surface area contributed by atoms with Gasteiger partial charge in [0, 0.05) is 18.0 Å². The second kappa shape index (κ2) is 5.76. The molecule has 0 aliphatic carbocycles. The number of rotatable bonds is 2. The summed E-state index contributed by atoms with van der Waals surface area (Å²) in [7, 11) is 0. The van der Waals surface area contributed by atoms with E-state index in [4.69, 9.17) is 16.9 Å². The minimum Gasteiger partial charge on any atom is -0.261 e. The molecular formula is C14H8ClF2N3. The van der Waals surface area contributed by atoms with E-state index in [9.17, 15) is 8.78 Å². The molecule has 0 saturated heterocycles. The Kier molecular flexibility index (Phi) is 4.06. The van der Waals surface area contributed by atoms with Crippen LogP contribution in [0.25, 0.3) is 0 Å². The highest BCUT2D eigenvalue weighted by molar-refractivity contribution is 6.33. The van der Waals surface area contributed by atoms with Crippen molar-refractivity contribution in [1.82, 2.24) is 4.98 Å². The summed E-state index contributed by atoms with van der Waals surface area (Å²) < 4.78 is 26.5. The van der Waals surface area contributed by atoms with Crippen molar-refractivity contribution in [3.63, 3.8) is 0 Å². The molecule has 0 amide bonds. The number of halogens is 3. The molecule has 0 aliphatic heterocycles. The van der Waals surface area contributed by atoms with E-state index in [2.05, 4.69) is 9.98 Å². The van der Waals surface area contributed by atoms with Gasteiger partial charge in [-0.15, -0.1) is 0 Å². The summed E-state index contributed by atoms with van der Waals surface area (Å²) in [5.41, 5.74) is 0.974. The zero-order chi connectivity index (χ0) is 14.7. The fraction of sp³-hybridized carbons (Fsp3) is 0.0714. The zero-order valence-corrected chi connectivity index (χ0v) is 11.1. The predicted molar refractivity (Wildman–Crippen MR) is 72.3 cm³/mol. The van der Waals surface area contributed by atoms with E-state index in [0.29, 0.717) is 11.1 Å². The Labute approximate surface area is 119 Å². The summed E-state index contributed by atoms with van der Waals surface area (Å²) in [6.07, 6.45) is 3.87. The topological polar surface area (TPSA) is 49.0 Å². The molecule has 0 aliphatic rings. The van der Waals surface area contributed by atoms with E-state index >= 15 is 0 Å². The third-order valence-corrected chi connectivity index (χ3v) is 2.96. The smallest absolute Gasteiger partial charge is 0.145 e. The number of aliphatic imine (C=N–C) groups is 1. The van der Waals surface area contributed by atoms with Gasteiger partial charge in [0.25, 0.3) is 0 Å². The van der Waals surface area contributed by atoms with E-state index in [-0.39, 0.29) is 16.3 Å². The van der Waals surface area contributed by atoms with Gasteiger partial charge in [0.1, 0.15) is 17.7 Å². The standard InChI is InChI=1S/C14H8ClF2N3/c1-8-10(5-19-7-13(8)17)6-20-14-9(4-18)2-11(16)3-12(14)15/h2-3,5-7H,1H3. The Morgan fingerprint density at radius 1 is 1.35 bits per heavy atom. The van der Waals surface area contributed by atoms with Crippen LogP contribution in [0.3, 0.4) is 0 Å². The molecule has 0 atom stereocenters. The molecule has 20 heavy (non-hydrogen) atoms. The lowest BCUT2D eigenvalue weighted by Crippen LogP contribution is -1.93. The van der Waals surface area contributed by atoms with Crippen molar-refractivity contribution in [3.05, 3.63) is 57.9 Å². The molecule has 100 valence electrons. The van der Waals surface area contributed by atoms with Gasteiger partial charge >= 0.3 is 0 Å². The van der Waals surface area contributed by atoms with Crippen molar-refractivity contribution in [2.45, 2.75) is 6.92 Å². The SMILES string of the molecule is Cc1c(F)cncc1C=Nc1c(Cl)cc(F)cc1C#N. The molecule has 0 N–H and O–H groups in total. The molecule has 0 spiro atoms. The molecule has 2 aromatic rings. The molecule has 6 heteroatoms. The Hall–Kier alpha value is -2.32. The molecule has 1 heterocycles. The lowest BCUT2D eigenvalue weighted by atomic mass is 10.1. The van der Waals surface area contributed by atoms with Crippen LogP contribution in [0.15, 0.2) is 29.5 Å². The van der Waals surface area contributed by atoms with Crippen LogP contribution in [0.1, 0.15) is 16.7 Å². The maximum atomic E-state index is 13.3. The lowest BCUT2D eigenvalue weighted by Gasteiger charge is -2.03. The number of pyridine rings is 1. The average molecular weight is 292 g/mol. The van der Waals surface area contributed by atoms with E-state index in [0.717, 1.165) is 18.3 Å². The van der Waals surface area contributed by atoms with Gasteiger partial charge in [0.2, 0.25) is 0 Å². The Morgan fingerprint density at radius 2 is 2.10 bits per heavy atom. The van der Waals surface area contributed by atoms with Crippen LogP contribution >= 0.6 is 11.6 Å². The van der Waals surface area contributed by atoms with Gasteiger partial charge in [-0.05, 0) is 24.6 Å². The molecule has 1 aromatic heterocycles. The van der Waals surface area contributed by atoms with Gasteiger partial charge < -0.3 is 0 Å². The maximum absolute atomic E-state index is 13.3. The molecule has 2 rings (SSSR count). The summed E-state index contributed by atoms with van der Waals surface area (Å²) in [4.78, 5) is 7.75. The van der Waals surface area contributed by atoms with Crippen molar-refractivity contribution in [2.24, 2.45) is 4.99 Å². The lowest BCUT2D eigenvalue weighted by molar-refractivity contribution is 0.611. The molecule has 0 bridgehead atoms. The first-order valence-corrected chi connectivity index (χ1v) is 5.94. The van der Waals surface area contributed by atoms with Crippen LogP contribution in [0.5, 0.6) is 0 Å². The minimum absolute atomic E-state index is 0.00765. The Morgan fingerprint density at radius 3 is 2.80 bits per heavy atom. The number of nitrogens with zero attached hydrogens (tertiary/aromatic N) is 3. The van der Waals surface area contributed by atoms with Crippen LogP contribution in [0, 0.1) is 29.9 Å². The minimum atomic E-state index is -0.617. The van der Waals surface area contributed by atoms with Crippen molar-refractivity contribution in [3.8, 4) is 6.07 Å². The first-order chi connectivity index (χ1) is 9.52. The van der Waals surface area contributed by atoms with E-state index < -0.39 is 11.6 Å². The number of benzene rings is 1.